The second-order valence-corrected chi connectivity index (χ2v) is 4.25. The maximum Gasteiger partial charge on any atom is 0.232 e. The number of anilines is 2. The largest absolute Gasteiger partial charge is 0.495 e. The van der Waals surface area contributed by atoms with Gasteiger partial charge >= 0.3 is 0 Å². The number of hydrogen-bond donors (Lipinski definition) is 1. The van der Waals surface area contributed by atoms with Crippen LogP contribution in [0.15, 0.2) is 18.2 Å². The van der Waals surface area contributed by atoms with Gasteiger partial charge in [-0.2, -0.15) is 15.0 Å². The van der Waals surface area contributed by atoms with Gasteiger partial charge in [-0.15, -0.1) is 0 Å². The molecule has 1 aromatic carbocycles. The van der Waals surface area contributed by atoms with E-state index in [-0.39, 0.29) is 16.5 Å². The summed E-state index contributed by atoms with van der Waals surface area (Å²) in [5, 5.41) is 3.45. The Balaban J connectivity index is 2.28. The summed E-state index contributed by atoms with van der Waals surface area (Å²) in [4.78, 5) is 11.4. The average Bonchev–Trinajstić information content (AvgIpc) is 2.30. The van der Waals surface area contributed by atoms with E-state index in [2.05, 4.69) is 20.3 Å². The van der Waals surface area contributed by atoms with Crippen molar-refractivity contribution in [3.63, 3.8) is 0 Å². The molecule has 0 aliphatic carbocycles. The van der Waals surface area contributed by atoms with Gasteiger partial charge in [0.05, 0.1) is 12.1 Å². The summed E-state index contributed by atoms with van der Waals surface area (Å²) in [6, 6.07) is 5.14. The van der Waals surface area contributed by atoms with Crippen LogP contribution in [0.5, 0.6) is 5.75 Å². The smallest absolute Gasteiger partial charge is 0.232 e. The van der Waals surface area contributed by atoms with Crippen molar-refractivity contribution in [3.05, 3.63) is 33.8 Å². The predicted octanol–water partition coefficient (Wildman–Crippen LogP) is 3.58. The van der Waals surface area contributed by atoms with Crippen molar-refractivity contribution in [2.24, 2.45) is 0 Å². The summed E-state index contributed by atoms with van der Waals surface area (Å²) >= 11 is 17.2. The second kappa shape index (κ2) is 5.56. The lowest BCUT2D eigenvalue weighted by molar-refractivity contribution is 0.415. The Morgan fingerprint density at radius 2 is 1.72 bits per heavy atom. The molecule has 0 aliphatic rings. The van der Waals surface area contributed by atoms with Crippen molar-refractivity contribution in [2.75, 3.05) is 12.4 Å². The molecule has 2 rings (SSSR count). The molecule has 0 atom stereocenters. The molecule has 18 heavy (non-hydrogen) atoms. The lowest BCUT2D eigenvalue weighted by atomic mass is 10.3. The third-order valence-electron chi connectivity index (χ3n) is 1.99. The number of nitrogens with zero attached hydrogens (tertiary/aromatic N) is 3. The summed E-state index contributed by atoms with van der Waals surface area (Å²) in [7, 11) is 1.53. The first-order chi connectivity index (χ1) is 8.58. The SMILES string of the molecule is COc1cc(Nc2nc(Cl)nc(Cl)n2)ccc1Cl. The Kier molecular flexibility index (Phi) is 4.06. The van der Waals surface area contributed by atoms with Crippen molar-refractivity contribution in [1.82, 2.24) is 15.0 Å². The zero-order valence-corrected chi connectivity index (χ0v) is 11.4. The van der Waals surface area contributed by atoms with E-state index in [0.29, 0.717) is 16.5 Å². The number of methoxy groups -OCH3 is 1. The molecule has 8 heteroatoms. The van der Waals surface area contributed by atoms with E-state index in [1.807, 2.05) is 0 Å². The minimum absolute atomic E-state index is 0.0124. The van der Waals surface area contributed by atoms with E-state index in [9.17, 15) is 0 Å². The van der Waals surface area contributed by atoms with Gasteiger partial charge in [-0.25, -0.2) is 0 Å². The highest BCUT2D eigenvalue weighted by atomic mass is 35.5. The number of ether oxygens (including phenoxy) is 1. The molecule has 0 radical (unpaired) electrons. The fraction of sp³-hybridized carbons (Fsp3) is 0.100. The number of benzene rings is 1. The quantitative estimate of drug-likeness (QED) is 0.939. The standard InChI is InChI=1S/C10H7Cl3N4O/c1-18-7-4-5(2-3-6(7)11)14-10-16-8(12)15-9(13)17-10/h2-4H,1H3,(H,14,15,16,17). The van der Waals surface area contributed by atoms with E-state index in [1.54, 1.807) is 18.2 Å². The Labute approximate surface area is 118 Å². The number of hydrogen-bond acceptors (Lipinski definition) is 5. The predicted molar refractivity (Wildman–Crippen MR) is 71.1 cm³/mol. The topological polar surface area (TPSA) is 59.9 Å². The van der Waals surface area contributed by atoms with Gasteiger partial charge in [0, 0.05) is 11.8 Å². The molecule has 2 aromatic rings. The van der Waals surface area contributed by atoms with Crippen molar-refractivity contribution in [2.45, 2.75) is 0 Å². The molecule has 1 N–H and O–H groups in total. The summed E-state index contributed by atoms with van der Waals surface area (Å²) < 4.78 is 5.09. The first-order valence-corrected chi connectivity index (χ1v) is 5.89. The lowest BCUT2D eigenvalue weighted by Gasteiger charge is -2.08. The fourth-order valence-electron chi connectivity index (χ4n) is 1.25. The molecule has 5 nitrogen and oxygen atoms in total. The van der Waals surface area contributed by atoms with Gasteiger partial charge < -0.3 is 10.1 Å². The molecule has 0 fully saturated rings. The normalized spacial score (nSPS) is 10.2. The molecular formula is C10H7Cl3N4O. The minimum atomic E-state index is 0.0124. The van der Waals surface area contributed by atoms with Crippen molar-refractivity contribution >= 4 is 46.4 Å². The van der Waals surface area contributed by atoms with Gasteiger partial charge in [0.25, 0.3) is 0 Å². The number of rotatable bonds is 3. The minimum Gasteiger partial charge on any atom is -0.495 e. The molecule has 0 spiro atoms. The van der Waals surface area contributed by atoms with E-state index in [0.717, 1.165) is 0 Å². The monoisotopic (exact) mass is 304 g/mol. The highest BCUT2D eigenvalue weighted by Crippen LogP contribution is 2.28. The third-order valence-corrected chi connectivity index (χ3v) is 2.64. The van der Waals surface area contributed by atoms with Crippen LogP contribution < -0.4 is 10.1 Å². The summed E-state index contributed by atoms with van der Waals surface area (Å²) in [5.74, 6) is 0.775. The number of nitrogens with one attached hydrogen (secondary N) is 1. The van der Waals surface area contributed by atoms with Crippen LogP contribution >= 0.6 is 34.8 Å². The molecule has 0 saturated heterocycles. The van der Waals surface area contributed by atoms with Crippen LogP contribution in [0.3, 0.4) is 0 Å². The average molecular weight is 306 g/mol. The Morgan fingerprint density at radius 3 is 2.33 bits per heavy atom. The molecule has 94 valence electrons. The summed E-state index contributed by atoms with van der Waals surface area (Å²) in [6.07, 6.45) is 0. The van der Waals surface area contributed by atoms with Crippen LogP contribution in [0, 0.1) is 0 Å². The maximum absolute atomic E-state index is 5.91. The van der Waals surface area contributed by atoms with Crippen LogP contribution in [0.4, 0.5) is 11.6 Å². The Morgan fingerprint density at radius 1 is 1.06 bits per heavy atom. The molecule has 0 unspecified atom stereocenters. The van der Waals surface area contributed by atoms with Gasteiger partial charge in [0.1, 0.15) is 5.75 Å². The molecule has 1 aromatic heterocycles. The van der Waals surface area contributed by atoms with Crippen LogP contribution in [0.25, 0.3) is 0 Å². The zero-order valence-electron chi connectivity index (χ0n) is 9.12. The van der Waals surface area contributed by atoms with Crippen LogP contribution in [-0.2, 0) is 0 Å². The molecule has 0 saturated carbocycles. The maximum atomic E-state index is 5.91. The zero-order chi connectivity index (χ0) is 13.1. The van der Waals surface area contributed by atoms with E-state index in [4.69, 9.17) is 39.5 Å². The fourth-order valence-corrected chi connectivity index (χ4v) is 1.81. The van der Waals surface area contributed by atoms with E-state index >= 15 is 0 Å². The lowest BCUT2D eigenvalue weighted by Crippen LogP contribution is -1.99. The first-order valence-electron chi connectivity index (χ1n) is 4.76. The third kappa shape index (κ3) is 3.13. The van der Waals surface area contributed by atoms with Gasteiger partial charge in [-0.05, 0) is 35.3 Å². The number of aromatic nitrogens is 3. The second-order valence-electron chi connectivity index (χ2n) is 3.17. The van der Waals surface area contributed by atoms with Crippen LogP contribution in [0.1, 0.15) is 0 Å². The molecule has 0 aliphatic heterocycles. The molecule has 0 bridgehead atoms. The van der Waals surface area contributed by atoms with Crippen molar-refractivity contribution in [3.8, 4) is 5.75 Å². The van der Waals surface area contributed by atoms with Gasteiger partial charge in [0.15, 0.2) is 0 Å². The summed E-state index contributed by atoms with van der Waals surface area (Å²) in [5.41, 5.74) is 0.689. The first kappa shape index (κ1) is 13.1. The van der Waals surface area contributed by atoms with Gasteiger partial charge in [-0.3, -0.25) is 0 Å². The van der Waals surface area contributed by atoms with Crippen molar-refractivity contribution < 1.29 is 4.74 Å². The van der Waals surface area contributed by atoms with Crippen molar-refractivity contribution in [1.29, 1.82) is 0 Å². The molecule has 0 amide bonds. The highest BCUT2D eigenvalue weighted by molar-refractivity contribution is 6.32. The number of halogens is 3. The van der Waals surface area contributed by atoms with Crippen LogP contribution in [-0.4, -0.2) is 22.1 Å². The Hall–Kier alpha value is -1.30. The van der Waals surface area contributed by atoms with E-state index in [1.165, 1.54) is 7.11 Å². The Bertz CT molecular complexity index is 559. The summed E-state index contributed by atoms with van der Waals surface area (Å²) in [6.45, 7) is 0. The highest BCUT2D eigenvalue weighted by Gasteiger charge is 2.06. The molecule has 1 heterocycles. The van der Waals surface area contributed by atoms with Gasteiger partial charge in [0.2, 0.25) is 16.5 Å². The van der Waals surface area contributed by atoms with E-state index < -0.39 is 0 Å². The van der Waals surface area contributed by atoms with Crippen LogP contribution in [0.2, 0.25) is 15.6 Å². The van der Waals surface area contributed by atoms with Gasteiger partial charge in [-0.1, -0.05) is 11.6 Å². The molecular weight excluding hydrogens is 298 g/mol.